The second kappa shape index (κ2) is 5.48. The zero-order valence-corrected chi connectivity index (χ0v) is 10.6. The fourth-order valence-electron chi connectivity index (χ4n) is 1.31. The molecule has 0 unspecified atom stereocenters. The first-order valence-electron chi connectivity index (χ1n) is 5.22. The number of halogens is 3. The number of benzene rings is 1. The Morgan fingerprint density at radius 1 is 1.11 bits per heavy atom. The van der Waals surface area contributed by atoms with E-state index in [4.69, 9.17) is 4.74 Å². The van der Waals surface area contributed by atoms with E-state index in [1.165, 1.54) is 17.8 Å². The lowest BCUT2D eigenvalue weighted by Crippen LogP contribution is -2.08. The second-order valence-corrected chi connectivity index (χ2v) is 4.63. The van der Waals surface area contributed by atoms with E-state index >= 15 is 0 Å². The van der Waals surface area contributed by atoms with Crippen molar-refractivity contribution in [1.29, 1.82) is 0 Å². The summed E-state index contributed by atoms with van der Waals surface area (Å²) in [4.78, 5) is 0.813. The Bertz CT molecular complexity index is 558. The van der Waals surface area contributed by atoms with E-state index in [0.717, 1.165) is 11.0 Å². The number of hydrogen-bond acceptors (Lipinski definition) is 4. The summed E-state index contributed by atoms with van der Waals surface area (Å²) in [7, 11) is 1.54. The molecule has 1 aromatic heterocycles. The van der Waals surface area contributed by atoms with Crippen LogP contribution in [0.3, 0.4) is 0 Å². The number of methoxy groups -OCH3 is 1. The van der Waals surface area contributed by atoms with Crippen molar-refractivity contribution in [3.63, 3.8) is 0 Å². The normalized spacial score (nSPS) is 11.4. The highest BCUT2D eigenvalue weighted by molar-refractivity contribution is 7.99. The molecule has 0 fully saturated rings. The van der Waals surface area contributed by atoms with Crippen LogP contribution in [-0.2, 0) is 6.18 Å². The fourth-order valence-corrected chi connectivity index (χ4v) is 2.09. The van der Waals surface area contributed by atoms with E-state index in [2.05, 4.69) is 10.2 Å². The van der Waals surface area contributed by atoms with Crippen molar-refractivity contribution < 1.29 is 17.9 Å². The summed E-state index contributed by atoms with van der Waals surface area (Å²) in [5.74, 6) is 0.671. The molecule has 0 amide bonds. The molecule has 0 N–H and O–H groups in total. The Hall–Kier alpha value is -1.76. The summed E-state index contributed by atoms with van der Waals surface area (Å²) in [5, 5.41) is 7.10. The van der Waals surface area contributed by atoms with Gasteiger partial charge in [0.2, 0.25) is 0 Å². The first-order valence-corrected chi connectivity index (χ1v) is 6.03. The number of rotatable bonds is 3. The predicted octanol–water partition coefficient (Wildman–Crippen LogP) is 3.66. The van der Waals surface area contributed by atoms with E-state index in [0.29, 0.717) is 10.8 Å². The number of nitrogens with zero attached hydrogens (tertiary/aromatic N) is 2. The van der Waals surface area contributed by atoms with Gasteiger partial charge in [-0.2, -0.15) is 13.2 Å². The standard InChI is InChI=1S/C12H9F3N2OS/c1-18-8-3-2-4-9(7-8)19-11-6-5-10(16-17-11)12(13,14)15/h2-7H,1H3. The minimum absolute atomic E-state index is 0.390. The van der Waals surface area contributed by atoms with Crippen molar-refractivity contribution in [2.45, 2.75) is 16.1 Å². The molecule has 1 aromatic carbocycles. The average molecular weight is 286 g/mol. The van der Waals surface area contributed by atoms with Crippen LogP contribution in [0.1, 0.15) is 5.69 Å². The quantitative estimate of drug-likeness (QED) is 0.862. The van der Waals surface area contributed by atoms with Crippen molar-refractivity contribution in [3.8, 4) is 5.75 Å². The largest absolute Gasteiger partial charge is 0.497 e. The lowest BCUT2D eigenvalue weighted by Gasteiger charge is -2.06. The Labute approximate surface area is 111 Å². The molecule has 100 valence electrons. The van der Waals surface area contributed by atoms with Gasteiger partial charge in [0.25, 0.3) is 0 Å². The first kappa shape index (κ1) is 13.7. The Morgan fingerprint density at radius 2 is 1.89 bits per heavy atom. The molecule has 0 bridgehead atoms. The summed E-state index contributed by atoms with van der Waals surface area (Å²) in [6.45, 7) is 0. The molecule has 7 heteroatoms. The highest BCUT2D eigenvalue weighted by Crippen LogP contribution is 2.31. The highest BCUT2D eigenvalue weighted by atomic mass is 32.2. The van der Waals surface area contributed by atoms with Gasteiger partial charge in [-0.05, 0) is 30.3 Å². The summed E-state index contributed by atoms with van der Waals surface area (Å²) in [6.07, 6.45) is -4.47. The molecule has 0 atom stereocenters. The minimum atomic E-state index is -4.47. The molecule has 1 heterocycles. The molecule has 0 aliphatic heterocycles. The van der Waals surface area contributed by atoms with E-state index in [1.807, 2.05) is 6.07 Å². The van der Waals surface area contributed by atoms with E-state index in [9.17, 15) is 13.2 Å². The van der Waals surface area contributed by atoms with Crippen LogP contribution < -0.4 is 4.74 Å². The van der Waals surface area contributed by atoms with E-state index in [1.54, 1.807) is 25.3 Å². The molecule has 3 nitrogen and oxygen atoms in total. The van der Waals surface area contributed by atoms with Gasteiger partial charge in [-0.25, -0.2) is 0 Å². The van der Waals surface area contributed by atoms with E-state index in [-0.39, 0.29) is 0 Å². The number of alkyl halides is 3. The third-order valence-corrected chi connectivity index (χ3v) is 3.11. The average Bonchev–Trinajstić information content (AvgIpc) is 2.38. The first-order chi connectivity index (χ1) is 8.99. The van der Waals surface area contributed by atoms with Crippen LogP contribution in [0, 0.1) is 0 Å². The molecule has 0 aliphatic rings. The van der Waals surface area contributed by atoms with Crippen molar-refractivity contribution in [2.75, 3.05) is 7.11 Å². The zero-order valence-electron chi connectivity index (χ0n) is 9.81. The highest BCUT2D eigenvalue weighted by Gasteiger charge is 2.32. The molecule has 2 rings (SSSR count). The SMILES string of the molecule is COc1cccc(Sc2ccc(C(F)(F)F)nn2)c1. The Kier molecular flexibility index (Phi) is 3.94. The number of hydrogen-bond donors (Lipinski definition) is 0. The Morgan fingerprint density at radius 3 is 2.47 bits per heavy atom. The molecule has 0 aliphatic carbocycles. The maximum Gasteiger partial charge on any atom is 0.435 e. The second-order valence-electron chi connectivity index (χ2n) is 3.54. The molecule has 0 saturated carbocycles. The smallest absolute Gasteiger partial charge is 0.435 e. The van der Waals surface area contributed by atoms with Crippen LogP contribution >= 0.6 is 11.8 Å². The van der Waals surface area contributed by atoms with Gasteiger partial charge < -0.3 is 4.74 Å². The van der Waals surface area contributed by atoms with Gasteiger partial charge in [-0.15, -0.1) is 10.2 Å². The minimum Gasteiger partial charge on any atom is -0.497 e. The van der Waals surface area contributed by atoms with Gasteiger partial charge in [0.1, 0.15) is 10.8 Å². The van der Waals surface area contributed by atoms with Crippen LogP contribution in [0.2, 0.25) is 0 Å². The zero-order chi connectivity index (χ0) is 13.9. The van der Waals surface area contributed by atoms with Crippen LogP contribution in [0.15, 0.2) is 46.3 Å². The monoisotopic (exact) mass is 286 g/mol. The van der Waals surface area contributed by atoms with Gasteiger partial charge in [-0.1, -0.05) is 17.8 Å². The molecular formula is C12H9F3N2OS. The summed E-state index contributed by atoms with van der Waals surface area (Å²) < 4.78 is 42.0. The van der Waals surface area contributed by atoms with E-state index < -0.39 is 11.9 Å². The van der Waals surface area contributed by atoms with Crippen molar-refractivity contribution >= 4 is 11.8 Å². The third-order valence-electron chi connectivity index (χ3n) is 2.19. The van der Waals surface area contributed by atoms with Gasteiger partial charge in [0.15, 0.2) is 5.69 Å². The molecule has 0 spiro atoms. The van der Waals surface area contributed by atoms with Crippen LogP contribution in [0.25, 0.3) is 0 Å². The number of aromatic nitrogens is 2. The van der Waals surface area contributed by atoms with Crippen molar-refractivity contribution in [3.05, 3.63) is 42.1 Å². The fraction of sp³-hybridized carbons (Fsp3) is 0.167. The maximum absolute atomic E-state index is 12.3. The van der Waals surface area contributed by atoms with Gasteiger partial charge >= 0.3 is 6.18 Å². The summed E-state index contributed by atoms with van der Waals surface area (Å²) in [6, 6.07) is 9.35. The number of ether oxygens (including phenoxy) is 1. The molecular weight excluding hydrogens is 277 g/mol. The van der Waals surface area contributed by atoms with Gasteiger partial charge in [0, 0.05) is 4.90 Å². The lowest BCUT2D eigenvalue weighted by atomic mass is 10.3. The maximum atomic E-state index is 12.3. The Balaban J connectivity index is 2.15. The summed E-state index contributed by atoms with van der Waals surface area (Å²) in [5.41, 5.74) is -0.998. The topological polar surface area (TPSA) is 35.0 Å². The van der Waals surface area contributed by atoms with Gasteiger partial charge in [0.05, 0.1) is 7.11 Å². The van der Waals surface area contributed by atoms with Crippen LogP contribution in [0.5, 0.6) is 5.75 Å². The lowest BCUT2D eigenvalue weighted by molar-refractivity contribution is -0.141. The third kappa shape index (κ3) is 3.60. The van der Waals surface area contributed by atoms with Gasteiger partial charge in [-0.3, -0.25) is 0 Å². The predicted molar refractivity (Wildman–Crippen MR) is 64.2 cm³/mol. The molecule has 2 aromatic rings. The summed E-state index contributed by atoms with van der Waals surface area (Å²) >= 11 is 1.22. The molecule has 0 saturated heterocycles. The molecule has 0 radical (unpaired) electrons. The molecule has 19 heavy (non-hydrogen) atoms. The van der Waals surface area contributed by atoms with Crippen LogP contribution in [-0.4, -0.2) is 17.3 Å². The van der Waals surface area contributed by atoms with Crippen molar-refractivity contribution in [2.24, 2.45) is 0 Å². The van der Waals surface area contributed by atoms with Crippen molar-refractivity contribution in [1.82, 2.24) is 10.2 Å². The van der Waals surface area contributed by atoms with Crippen LogP contribution in [0.4, 0.5) is 13.2 Å².